The van der Waals surface area contributed by atoms with E-state index in [4.69, 9.17) is 11.6 Å². The van der Waals surface area contributed by atoms with Crippen LogP contribution in [0.2, 0.25) is 5.15 Å². The number of aromatic nitrogens is 1. The summed E-state index contributed by atoms with van der Waals surface area (Å²) in [5, 5.41) is 1.64. The fourth-order valence-electron chi connectivity index (χ4n) is 1.38. The van der Waals surface area contributed by atoms with E-state index >= 15 is 0 Å². The molecule has 0 atom stereocenters. The average Bonchev–Trinajstić information content (AvgIpc) is 2.69. The van der Waals surface area contributed by atoms with Crippen molar-refractivity contribution in [3.05, 3.63) is 29.0 Å². The number of pyridine rings is 1. The molecule has 1 aromatic heterocycles. The van der Waals surface area contributed by atoms with Crippen molar-refractivity contribution in [3.63, 3.8) is 0 Å². The molecule has 6 heteroatoms. The van der Waals surface area contributed by atoms with E-state index in [1.54, 1.807) is 11.8 Å². The maximum Gasteiger partial charge on any atom is 0.170 e. The monoisotopic (exact) mass is 353 g/mol. The fourth-order valence-corrected chi connectivity index (χ4v) is 3.10. The van der Waals surface area contributed by atoms with Crippen molar-refractivity contribution in [3.8, 4) is 0 Å². The van der Waals surface area contributed by atoms with Gasteiger partial charge in [0.15, 0.2) is 5.17 Å². The van der Waals surface area contributed by atoms with Gasteiger partial charge >= 0.3 is 0 Å². The third-order valence-electron chi connectivity index (χ3n) is 2.10. The third-order valence-corrected chi connectivity index (χ3v) is 4.10. The van der Waals surface area contributed by atoms with Crippen LogP contribution in [-0.4, -0.2) is 27.3 Å². The lowest BCUT2D eigenvalue weighted by Crippen LogP contribution is -2.23. The molecule has 0 spiro atoms. The summed E-state index contributed by atoms with van der Waals surface area (Å²) in [6.45, 7) is 1.91. The molecule has 0 radical (unpaired) electrons. The Morgan fingerprint density at radius 3 is 3.13 bits per heavy atom. The third kappa shape index (κ3) is 2.98. The van der Waals surface area contributed by atoms with Crippen molar-refractivity contribution in [2.24, 2.45) is 3.21 Å². The van der Waals surface area contributed by atoms with Gasteiger partial charge in [-0.1, -0.05) is 29.4 Å². The molecule has 1 aliphatic heterocycles. The van der Waals surface area contributed by atoms with Crippen molar-refractivity contribution in [2.45, 2.75) is 6.54 Å². The Labute approximate surface area is 112 Å². The lowest BCUT2D eigenvalue weighted by atomic mass is 10.3. The molecule has 1 aliphatic rings. The Bertz CT molecular complexity index is 368. The molecule has 15 heavy (non-hydrogen) atoms. The van der Waals surface area contributed by atoms with Gasteiger partial charge in [-0.15, -0.1) is 0 Å². The van der Waals surface area contributed by atoms with E-state index in [0.717, 1.165) is 24.0 Å². The minimum absolute atomic E-state index is 0.539. The summed E-state index contributed by atoms with van der Waals surface area (Å²) in [6, 6.07) is 3.82. The zero-order valence-electron chi connectivity index (χ0n) is 7.86. The summed E-state index contributed by atoms with van der Waals surface area (Å²) in [5.74, 6) is 1.11. The lowest BCUT2D eigenvalue weighted by molar-refractivity contribution is 0.457. The highest BCUT2D eigenvalue weighted by Gasteiger charge is 2.18. The topological polar surface area (TPSA) is 28.5 Å². The van der Waals surface area contributed by atoms with Gasteiger partial charge in [0.2, 0.25) is 0 Å². The molecule has 0 aromatic carbocycles. The number of rotatable bonds is 2. The van der Waals surface area contributed by atoms with Crippen molar-refractivity contribution in [1.82, 2.24) is 9.88 Å². The number of hydrogen-bond donors (Lipinski definition) is 0. The SMILES string of the molecule is Clc1ccc(CN2CCSC2=NI)cn1. The van der Waals surface area contributed by atoms with Gasteiger partial charge < -0.3 is 4.90 Å². The fraction of sp³-hybridized carbons (Fsp3) is 0.333. The average molecular weight is 354 g/mol. The molecule has 1 saturated heterocycles. The minimum Gasteiger partial charge on any atom is -0.346 e. The van der Waals surface area contributed by atoms with Gasteiger partial charge in [0.05, 0.1) is 22.9 Å². The molecular formula is C9H9ClIN3S. The summed E-state index contributed by atoms with van der Waals surface area (Å²) in [5.41, 5.74) is 1.17. The molecule has 2 heterocycles. The number of hydrogen-bond acceptors (Lipinski definition) is 3. The quantitative estimate of drug-likeness (QED) is 0.604. The largest absolute Gasteiger partial charge is 0.346 e. The molecule has 2 rings (SSSR count). The summed E-state index contributed by atoms with van der Waals surface area (Å²) in [7, 11) is 0. The van der Waals surface area contributed by atoms with Gasteiger partial charge in [-0.25, -0.2) is 4.98 Å². The smallest absolute Gasteiger partial charge is 0.170 e. The van der Waals surface area contributed by atoms with E-state index in [9.17, 15) is 0 Å². The highest BCUT2D eigenvalue weighted by atomic mass is 127. The van der Waals surface area contributed by atoms with Crippen LogP contribution in [0.1, 0.15) is 5.56 Å². The van der Waals surface area contributed by atoms with Crippen molar-refractivity contribution in [1.29, 1.82) is 0 Å². The van der Waals surface area contributed by atoms with Crippen LogP contribution in [0.5, 0.6) is 0 Å². The van der Waals surface area contributed by atoms with E-state index in [2.05, 4.69) is 13.1 Å². The normalized spacial score (nSPS) is 18.8. The number of amidine groups is 1. The molecule has 0 N–H and O–H groups in total. The Morgan fingerprint density at radius 2 is 2.47 bits per heavy atom. The van der Waals surface area contributed by atoms with E-state index in [1.165, 1.54) is 5.56 Å². The molecule has 1 fully saturated rings. The van der Waals surface area contributed by atoms with Crippen LogP contribution in [0.25, 0.3) is 0 Å². The molecular weight excluding hydrogens is 345 g/mol. The van der Waals surface area contributed by atoms with Crippen molar-refractivity contribution < 1.29 is 0 Å². The molecule has 3 nitrogen and oxygen atoms in total. The summed E-state index contributed by atoms with van der Waals surface area (Å²) in [4.78, 5) is 6.31. The zero-order chi connectivity index (χ0) is 10.7. The Kier molecular flexibility index (Phi) is 4.10. The van der Waals surface area contributed by atoms with Crippen LogP contribution in [0, 0.1) is 0 Å². The second-order valence-corrected chi connectivity index (χ2v) is 5.06. The van der Waals surface area contributed by atoms with Gasteiger partial charge in [0.25, 0.3) is 0 Å². The van der Waals surface area contributed by atoms with Crippen LogP contribution < -0.4 is 0 Å². The summed E-state index contributed by atoms with van der Waals surface area (Å²) < 4.78 is 4.21. The van der Waals surface area contributed by atoms with Crippen LogP contribution in [0.4, 0.5) is 0 Å². The Hall–Kier alpha value is -0.0100. The van der Waals surface area contributed by atoms with Gasteiger partial charge in [-0.2, -0.15) is 3.21 Å². The summed E-state index contributed by atoms with van der Waals surface area (Å²) in [6.07, 6.45) is 1.82. The maximum absolute atomic E-state index is 5.73. The van der Waals surface area contributed by atoms with E-state index < -0.39 is 0 Å². The van der Waals surface area contributed by atoms with Crippen LogP contribution in [-0.2, 0) is 6.54 Å². The molecule has 0 amide bonds. The van der Waals surface area contributed by atoms with Gasteiger partial charge in [0, 0.05) is 25.0 Å². The number of nitrogens with zero attached hydrogens (tertiary/aromatic N) is 3. The number of halogens is 2. The summed E-state index contributed by atoms with van der Waals surface area (Å²) >= 11 is 9.57. The first-order valence-electron chi connectivity index (χ1n) is 4.47. The highest BCUT2D eigenvalue weighted by molar-refractivity contribution is 14.1. The Morgan fingerprint density at radius 1 is 1.60 bits per heavy atom. The van der Waals surface area contributed by atoms with Gasteiger partial charge in [0.1, 0.15) is 5.15 Å². The number of thioether (sulfide) groups is 1. The van der Waals surface area contributed by atoms with Crippen molar-refractivity contribution in [2.75, 3.05) is 12.3 Å². The minimum atomic E-state index is 0.539. The predicted octanol–water partition coefficient (Wildman–Crippen LogP) is 2.99. The second-order valence-electron chi connectivity index (χ2n) is 3.13. The van der Waals surface area contributed by atoms with Gasteiger partial charge in [-0.05, 0) is 11.6 Å². The van der Waals surface area contributed by atoms with Crippen LogP contribution >= 0.6 is 46.2 Å². The molecule has 0 unspecified atom stereocenters. The zero-order valence-corrected chi connectivity index (χ0v) is 11.6. The molecule has 1 aromatic rings. The predicted molar refractivity (Wildman–Crippen MR) is 73.6 cm³/mol. The van der Waals surface area contributed by atoms with Crippen LogP contribution in [0.3, 0.4) is 0 Å². The molecule has 0 aliphatic carbocycles. The van der Waals surface area contributed by atoms with Crippen molar-refractivity contribution >= 4 is 51.4 Å². The first-order chi connectivity index (χ1) is 7.29. The van der Waals surface area contributed by atoms with E-state index in [1.807, 2.05) is 41.2 Å². The molecule has 0 saturated carbocycles. The highest BCUT2D eigenvalue weighted by Crippen LogP contribution is 2.21. The standard InChI is InChI=1S/C9H9ClIN3S/c10-8-2-1-7(5-12-8)6-14-3-4-15-9(14)13-11/h1-2,5H,3-4,6H2. The first-order valence-corrected chi connectivity index (χ1v) is 6.79. The molecule has 80 valence electrons. The Balaban J connectivity index is 2.05. The van der Waals surface area contributed by atoms with E-state index in [0.29, 0.717) is 5.15 Å². The molecule has 0 bridgehead atoms. The van der Waals surface area contributed by atoms with Gasteiger partial charge in [-0.3, -0.25) is 0 Å². The maximum atomic E-state index is 5.73. The first kappa shape index (κ1) is 11.5. The van der Waals surface area contributed by atoms with Crippen LogP contribution in [0.15, 0.2) is 21.5 Å². The second kappa shape index (κ2) is 5.36. The lowest BCUT2D eigenvalue weighted by Gasteiger charge is -2.16. The van der Waals surface area contributed by atoms with E-state index in [-0.39, 0.29) is 0 Å².